The molecule has 3 nitrogen and oxygen atoms in total. The van der Waals surface area contributed by atoms with E-state index in [1.54, 1.807) is 12.1 Å². The van der Waals surface area contributed by atoms with Crippen LogP contribution in [0.1, 0.15) is 23.2 Å². The second kappa shape index (κ2) is 4.85. The van der Waals surface area contributed by atoms with Crippen LogP contribution in [-0.4, -0.2) is 30.6 Å². The molecule has 1 aliphatic rings. The second-order valence-electron chi connectivity index (χ2n) is 3.98. The van der Waals surface area contributed by atoms with Crippen molar-refractivity contribution in [3.8, 4) is 0 Å². The number of carbonyl (C=O) groups excluding carboxylic acids is 1. The van der Waals surface area contributed by atoms with E-state index in [1.807, 2.05) is 6.07 Å². The molecular formula is C12H14ClNO2. The largest absolute Gasteiger partial charge is 0.395 e. The third kappa shape index (κ3) is 2.36. The van der Waals surface area contributed by atoms with Crippen molar-refractivity contribution in [3.63, 3.8) is 0 Å². The van der Waals surface area contributed by atoms with Gasteiger partial charge in [-0.1, -0.05) is 11.6 Å². The highest BCUT2D eigenvalue weighted by molar-refractivity contribution is 6.33. The van der Waals surface area contributed by atoms with E-state index in [9.17, 15) is 4.79 Å². The summed E-state index contributed by atoms with van der Waals surface area (Å²) < 4.78 is 0. The fourth-order valence-corrected chi connectivity index (χ4v) is 2.12. The number of halogens is 1. The van der Waals surface area contributed by atoms with Crippen LogP contribution in [0.2, 0.25) is 5.02 Å². The molecule has 1 saturated carbocycles. The van der Waals surface area contributed by atoms with Gasteiger partial charge in [0, 0.05) is 18.2 Å². The van der Waals surface area contributed by atoms with Gasteiger partial charge in [-0.15, -0.1) is 0 Å². The highest BCUT2D eigenvalue weighted by atomic mass is 35.5. The van der Waals surface area contributed by atoms with Crippen molar-refractivity contribution in [2.45, 2.75) is 18.9 Å². The van der Waals surface area contributed by atoms with Crippen molar-refractivity contribution in [1.29, 1.82) is 0 Å². The summed E-state index contributed by atoms with van der Waals surface area (Å²) in [6, 6.07) is 5.75. The van der Waals surface area contributed by atoms with E-state index in [4.69, 9.17) is 16.7 Å². The van der Waals surface area contributed by atoms with Gasteiger partial charge in [0.15, 0.2) is 0 Å². The highest BCUT2D eigenvalue weighted by Crippen LogP contribution is 2.35. The van der Waals surface area contributed by atoms with Crippen molar-refractivity contribution in [2.75, 3.05) is 18.1 Å². The molecule has 0 aromatic heterocycles. The summed E-state index contributed by atoms with van der Waals surface area (Å²) in [5.74, 6) is 0. The highest BCUT2D eigenvalue weighted by Gasteiger charge is 2.29. The molecule has 2 rings (SSSR count). The lowest BCUT2D eigenvalue weighted by Gasteiger charge is -2.24. The Bertz CT molecular complexity index is 391. The molecule has 86 valence electrons. The summed E-state index contributed by atoms with van der Waals surface area (Å²) in [6.07, 6.45) is 3.07. The lowest BCUT2D eigenvalue weighted by atomic mass is 10.2. The number of benzene rings is 1. The van der Waals surface area contributed by atoms with Gasteiger partial charge >= 0.3 is 0 Å². The molecule has 0 radical (unpaired) electrons. The van der Waals surface area contributed by atoms with Crippen LogP contribution in [-0.2, 0) is 0 Å². The molecule has 0 aliphatic heterocycles. The number of anilines is 1. The van der Waals surface area contributed by atoms with E-state index in [0.717, 1.165) is 24.8 Å². The number of hydrogen-bond acceptors (Lipinski definition) is 3. The van der Waals surface area contributed by atoms with E-state index in [0.29, 0.717) is 23.2 Å². The quantitative estimate of drug-likeness (QED) is 0.801. The first kappa shape index (κ1) is 11.4. The third-order valence-corrected chi connectivity index (χ3v) is 3.05. The van der Waals surface area contributed by atoms with Crippen molar-refractivity contribution in [3.05, 3.63) is 28.8 Å². The summed E-state index contributed by atoms with van der Waals surface area (Å²) in [5, 5.41) is 9.60. The Morgan fingerprint density at radius 1 is 1.50 bits per heavy atom. The molecule has 16 heavy (non-hydrogen) atoms. The number of nitrogens with zero attached hydrogens (tertiary/aromatic N) is 1. The predicted molar refractivity (Wildman–Crippen MR) is 64.3 cm³/mol. The first-order chi connectivity index (χ1) is 7.76. The zero-order valence-electron chi connectivity index (χ0n) is 8.90. The molecule has 0 atom stereocenters. The average molecular weight is 240 g/mol. The Hall–Kier alpha value is -1.06. The third-order valence-electron chi connectivity index (χ3n) is 2.75. The van der Waals surface area contributed by atoms with Crippen LogP contribution in [0.4, 0.5) is 5.69 Å². The minimum Gasteiger partial charge on any atom is -0.395 e. The smallest absolute Gasteiger partial charge is 0.150 e. The van der Waals surface area contributed by atoms with Gasteiger partial charge in [-0.3, -0.25) is 4.79 Å². The zero-order valence-corrected chi connectivity index (χ0v) is 9.65. The van der Waals surface area contributed by atoms with E-state index in [1.165, 1.54) is 0 Å². The van der Waals surface area contributed by atoms with Crippen LogP contribution in [0.5, 0.6) is 0 Å². The summed E-state index contributed by atoms with van der Waals surface area (Å²) in [5.41, 5.74) is 1.48. The molecule has 1 N–H and O–H groups in total. The van der Waals surface area contributed by atoms with Gasteiger partial charge < -0.3 is 10.0 Å². The Morgan fingerprint density at radius 3 is 2.75 bits per heavy atom. The first-order valence-electron chi connectivity index (χ1n) is 5.38. The van der Waals surface area contributed by atoms with Crippen LogP contribution in [0, 0.1) is 0 Å². The van der Waals surface area contributed by atoms with Crippen molar-refractivity contribution >= 4 is 23.6 Å². The number of aliphatic hydroxyl groups is 1. The Balaban J connectivity index is 2.26. The van der Waals surface area contributed by atoms with Crippen molar-refractivity contribution in [1.82, 2.24) is 0 Å². The molecule has 0 bridgehead atoms. The van der Waals surface area contributed by atoms with Crippen molar-refractivity contribution < 1.29 is 9.90 Å². The van der Waals surface area contributed by atoms with Crippen LogP contribution >= 0.6 is 11.6 Å². The zero-order chi connectivity index (χ0) is 11.5. The lowest BCUT2D eigenvalue weighted by molar-refractivity contribution is 0.112. The maximum absolute atomic E-state index is 10.6. The summed E-state index contributed by atoms with van der Waals surface area (Å²) in [6.45, 7) is 0.701. The predicted octanol–water partition coefficient (Wildman–Crippen LogP) is 2.11. The van der Waals surface area contributed by atoms with E-state index in [-0.39, 0.29) is 6.61 Å². The lowest BCUT2D eigenvalue weighted by Crippen LogP contribution is -2.29. The fourth-order valence-electron chi connectivity index (χ4n) is 1.82. The number of hydrogen-bond donors (Lipinski definition) is 1. The topological polar surface area (TPSA) is 40.5 Å². The molecule has 1 fully saturated rings. The molecule has 1 aromatic carbocycles. The van der Waals surface area contributed by atoms with E-state index < -0.39 is 0 Å². The van der Waals surface area contributed by atoms with Gasteiger partial charge in [0.05, 0.1) is 17.3 Å². The van der Waals surface area contributed by atoms with Crippen LogP contribution in [0.3, 0.4) is 0 Å². The van der Waals surface area contributed by atoms with Gasteiger partial charge in [-0.25, -0.2) is 0 Å². The van der Waals surface area contributed by atoms with Gasteiger partial charge in [0.1, 0.15) is 6.29 Å². The standard InChI is InChI=1S/C12H14ClNO2/c13-11-7-9(8-16)1-4-12(11)14(5-6-15)10-2-3-10/h1,4,7-8,10,15H,2-3,5-6H2. The fraction of sp³-hybridized carbons (Fsp3) is 0.417. The van der Waals surface area contributed by atoms with Crippen LogP contribution < -0.4 is 4.90 Å². The van der Waals surface area contributed by atoms with Crippen LogP contribution in [0.15, 0.2) is 18.2 Å². The number of rotatable bonds is 5. The Kier molecular flexibility index (Phi) is 3.46. The van der Waals surface area contributed by atoms with E-state index in [2.05, 4.69) is 4.90 Å². The minimum atomic E-state index is 0.113. The molecule has 1 aromatic rings. The molecule has 4 heteroatoms. The Labute approximate surface area is 99.6 Å². The number of carbonyl (C=O) groups is 1. The maximum atomic E-state index is 10.6. The first-order valence-corrected chi connectivity index (χ1v) is 5.76. The maximum Gasteiger partial charge on any atom is 0.150 e. The molecule has 0 heterocycles. The Morgan fingerprint density at radius 2 is 2.25 bits per heavy atom. The molecular weight excluding hydrogens is 226 g/mol. The summed E-state index contributed by atoms with van der Waals surface area (Å²) in [4.78, 5) is 12.7. The minimum absolute atomic E-state index is 0.113. The van der Waals surface area contributed by atoms with Gasteiger partial charge in [0.25, 0.3) is 0 Å². The molecule has 1 aliphatic carbocycles. The van der Waals surface area contributed by atoms with Gasteiger partial charge in [-0.2, -0.15) is 0 Å². The van der Waals surface area contributed by atoms with Crippen molar-refractivity contribution in [2.24, 2.45) is 0 Å². The van der Waals surface area contributed by atoms with Crippen LogP contribution in [0.25, 0.3) is 0 Å². The molecule has 0 unspecified atom stereocenters. The molecule has 0 spiro atoms. The molecule has 0 saturated heterocycles. The van der Waals surface area contributed by atoms with Gasteiger partial charge in [-0.05, 0) is 31.0 Å². The average Bonchev–Trinajstić information content (AvgIpc) is 3.10. The SMILES string of the molecule is O=Cc1ccc(N(CCO)C2CC2)c(Cl)c1. The number of aliphatic hydroxyl groups excluding tert-OH is 1. The monoisotopic (exact) mass is 239 g/mol. The molecule has 0 amide bonds. The summed E-state index contributed by atoms with van der Waals surface area (Å²) in [7, 11) is 0. The van der Waals surface area contributed by atoms with E-state index >= 15 is 0 Å². The van der Waals surface area contributed by atoms with Gasteiger partial charge in [0.2, 0.25) is 0 Å². The number of aldehydes is 1. The summed E-state index contributed by atoms with van der Waals surface area (Å²) >= 11 is 6.13. The second-order valence-corrected chi connectivity index (χ2v) is 4.38. The normalized spacial score (nSPS) is 14.9.